The maximum Gasteiger partial charge on any atom is 0.308 e. The molecule has 2 aliphatic rings. The second kappa shape index (κ2) is 23.4. The van der Waals surface area contributed by atoms with Crippen molar-refractivity contribution in [3.05, 3.63) is 101 Å². The Balaban J connectivity index is 1.36. The summed E-state index contributed by atoms with van der Waals surface area (Å²) in [5, 5.41) is 19.7. The number of quaternary nitrogens is 1. The molecular weight excluding hydrogens is 829 g/mol. The van der Waals surface area contributed by atoms with Gasteiger partial charge in [-0.15, -0.1) is 0 Å². The molecule has 350 valence electrons. The highest BCUT2D eigenvalue weighted by molar-refractivity contribution is 5.99. The highest BCUT2D eigenvalue weighted by atomic mass is 16.6. The molecular formula is C50H67N6O9+. The molecule has 0 radical (unpaired) electrons. The van der Waals surface area contributed by atoms with Crippen LogP contribution in [-0.4, -0.2) is 115 Å². The van der Waals surface area contributed by atoms with Crippen molar-refractivity contribution in [2.75, 3.05) is 39.5 Å². The van der Waals surface area contributed by atoms with E-state index in [4.69, 9.17) is 19.6 Å². The van der Waals surface area contributed by atoms with Gasteiger partial charge in [-0.05, 0) is 73.8 Å². The minimum atomic E-state index is -1.08. The molecule has 0 saturated carbocycles. The van der Waals surface area contributed by atoms with Crippen LogP contribution < -0.4 is 26.0 Å². The number of carbonyl (C=O) groups excluding carboxylic acids is 6. The first-order chi connectivity index (χ1) is 31.0. The van der Waals surface area contributed by atoms with Gasteiger partial charge in [-0.2, -0.15) is 0 Å². The Kier molecular flexibility index (Phi) is 18.1. The normalized spacial score (nSPS) is 18.3. The highest BCUT2D eigenvalue weighted by Gasteiger charge is 2.50. The van der Waals surface area contributed by atoms with E-state index < -0.39 is 53.5 Å². The molecule has 2 heterocycles. The van der Waals surface area contributed by atoms with Gasteiger partial charge in [0.2, 0.25) is 17.7 Å². The number of Topliss-reactive ketones (excluding diaryl/α,β-unsaturated/α-hetero) is 1. The number of nitrogens with one attached hydrogen (secondary N) is 5. The van der Waals surface area contributed by atoms with Gasteiger partial charge in [0.15, 0.2) is 12.3 Å². The van der Waals surface area contributed by atoms with Gasteiger partial charge >= 0.3 is 5.97 Å². The van der Waals surface area contributed by atoms with E-state index in [1.54, 1.807) is 19.1 Å². The summed E-state index contributed by atoms with van der Waals surface area (Å²) in [7, 11) is 0. The number of hydrogen-bond acceptors (Lipinski definition) is 10. The van der Waals surface area contributed by atoms with Gasteiger partial charge in [0, 0.05) is 30.7 Å². The number of amides is 4. The Bertz CT molecular complexity index is 2120. The van der Waals surface area contributed by atoms with Crippen LogP contribution in [0.3, 0.4) is 0 Å². The average Bonchev–Trinajstić information content (AvgIpc) is 4.02. The van der Waals surface area contributed by atoms with Crippen LogP contribution in [0.5, 0.6) is 5.75 Å². The van der Waals surface area contributed by atoms with Crippen LogP contribution >= 0.6 is 0 Å². The van der Waals surface area contributed by atoms with E-state index in [0.717, 1.165) is 22.9 Å². The summed E-state index contributed by atoms with van der Waals surface area (Å²) in [6.45, 7) is 13.4. The van der Waals surface area contributed by atoms with Crippen LogP contribution in [0, 0.1) is 17.2 Å². The number of carbonyl (C=O) groups is 6. The lowest BCUT2D eigenvalue weighted by atomic mass is 9.93. The van der Waals surface area contributed by atoms with Gasteiger partial charge in [0.1, 0.15) is 49.1 Å². The fourth-order valence-corrected chi connectivity index (χ4v) is 8.22. The molecule has 0 aliphatic carbocycles. The third-order valence-electron chi connectivity index (χ3n) is 11.8. The monoisotopic (exact) mass is 895 g/mol. The number of morpholine rings is 1. The molecule has 0 bridgehead atoms. The number of rotatable bonds is 24. The van der Waals surface area contributed by atoms with Crippen molar-refractivity contribution in [2.24, 2.45) is 11.8 Å². The van der Waals surface area contributed by atoms with Gasteiger partial charge in [-0.1, -0.05) is 88.4 Å². The van der Waals surface area contributed by atoms with Gasteiger partial charge in [-0.25, -0.2) is 0 Å². The number of ether oxygens (including phenoxy) is 3. The van der Waals surface area contributed by atoms with Gasteiger partial charge in [-0.3, -0.25) is 28.8 Å². The first-order valence-electron chi connectivity index (χ1n) is 22.7. The molecule has 4 amide bonds. The van der Waals surface area contributed by atoms with Gasteiger partial charge < -0.3 is 45.4 Å². The SMILES string of the molecule is CC(=O)Oc1ccc(C[N+]2(CC(=O)N[C@@H](CCc3ccccc3)C(=O)N[C@@H](CC(C)C)C(=O)N[C@@H](Cc3ccccc3)C(=O)N[C@@H](CC(C)C)C(=O)[C@@]3(C)CO3)CCOCC2)cc1C=N. The van der Waals surface area contributed by atoms with Crippen molar-refractivity contribution in [3.63, 3.8) is 0 Å². The van der Waals surface area contributed by atoms with E-state index in [-0.39, 0.29) is 61.7 Å². The Hall–Kier alpha value is -5.77. The predicted octanol–water partition coefficient (Wildman–Crippen LogP) is 4.22. The summed E-state index contributed by atoms with van der Waals surface area (Å²) >= 11 is 0. The lowest BCUT2D eigenvalue weighted by Gasteiger charge is -2.41. The van der Waals surface area contributed by atoms with Crippen LogP contribution in [0.2, 0.25) is 0 Å². The number of nitrogens with zero attached hydrogens (tertiary/aromatic N) is 1. The Morgan fingerprint density at radius 1 is 0.738 bits per heavy atom. The van der Waals surface area contributed by atoms with Crippen LogP contribution in [0.4, 0.5) is 0 Å². The van der Waals surface area contributed by atoms with E-state index >= 15 is 0 Å². The Labute approximate surface area is 382 Å². The summed E-state index contributed by atoms with van der Waals surface area (Å²) in [4.78, 5) is 82.3. The molecule has 2 fully saturated rings. The molecule has 3 aromatic rings. The van der Waals surface area contributed by atoms with Crippen molar-refractivity contribution in [1.82, 2.24) is 21.3 Å². The average molecular weight is 896 g/mol. The lowest BCUT2D eigenvalue weighted by molar-refractivity contribution is -0.940. The lowest BCUT2D eigenvalue weighted by Crippen LogP contribution is -2.61. The Morgan fingerprint density at radius 3 is 1.88 bits per heavy atom. The zero-order chi connectivity index (χ0) is 47.1. The zero-order valence-corrected chi connectivity index (χ0v) is 38.7. The minimum absolute atomic E-state index is 0.0296. The van der Waals surface area contributed by atoms with E-state index in [9.17, 15) is 28.8 Å². The summed E-state index contributed by atoms with van der Waals surface area (Å²) < 4.78 is 16.7. The smallest absolute Gasteiger partial charge is 0.308 e. The van der Waals surface area contributed by atoms with Crippen LogP contribution in [0.15, 0.2) is 78.9 Å². The van der Waals surface area contributed by atoms with Gasteiger partial charge in [0.05, 0.1) is 25.9 Å². The molecule has 65 heavy (non-hydrogen) atoms. The first kappa shape index (κ1) is 50.2. The number of hydrogen-bond donors (Lipinski definition) is 5. The van der Waals surface area contributed by atoms with Crippen LogP contribution in [0.25, 0.3) is 0 Å². The standard InChI is InChI=1S/C50H66N6O9/c1-33(2)25-41(46(59)50(6)32-64-50)53-49(62)43(28-37-15-11-8-12-16-37)55-48(61)42(26-34(3)4)54-47(60)40(19-17-36-13-9-7-10-14-36)52-45(58)31-56(21-23-63-24-22-56)30-38-18-20-44(65-35(5)57)39(27-38)29-51/h7-16,18,20,27,29,33-34,40-43,51H,17,19,21-26,28,30-32H2,1-6H3,(H3-,52,53,54,55,58,60,61,62)/p+1/t40-,41-,42-,43-,50+/m0/s1. The minimum Gasteiger partial charge on any atom is -0.426 e. The van der Waals surface area contributed by atoms with Crippen molar-refractivity contribution < 1.29 is 47.5 Å². The van der Waals surface area contributed by atoms with E-state index in [1.807, 2.05) is 94.4 Å². The zero-order valence-electron chi connectivity index (χ0n) is 38.7. The summed E-state index contributed by atoms with van der Waals surface area (Å²) in [5.41, 5.74) is 2.07. The first-order valence-corrected chi connectivity index (χ1v) is 22.7. The quantitative estimate of drug-likeness (QED) is 0.0287. The molecule has 0 aromatic heterocycles. The fourth-order valence-electron chi connectivity index (χ4n) is 8.22. The van der Waals surface area contributed by atoms with E-state index in [2.05, 4.69) is 21.3 Å². The number of epoxide rings is 1. The molecule has 3 aromatic carbocycles. The molecule has 0 spiro atoms. The summed E-state index contributed by atoms with van der Waals surface area (Å²) in [6, 6.07) is 20.1. The molecule has 2 aliphatic heterocycles. The summed E-state index contributed by atoms with van der Waals surface area (Å²) in [6.07, 6.45) is 2.60. The fraction of sp³-hybridized carbons (Fsp3) is 0.500. The van der Waals surface area contributed by atoms with Crippen molar-refractivity contribution in [1.29, 1.82) is 5.41 Å². The molecule has 5 atom stereocenters. The number of esters is 1. The third kappa shape index (κ3) is 15.4. The number of ketones is 1. The Morgan fingerprint density at radius 2 is 1.29 bits per heavy atom. The topological polar surface area (TPSA) is 205 Å². The third-order valence-corrected chi connectivity index (χ3v) is 11.8. The molecule has 15 heteroatoms. The van der Waals surface area contributed by atoms with E-state index in [1.165, 1.54) is 6.92 Å². The number of aryl methyl sites for hydroxylation is 1. The maximum atomic E-state index is 14.5. The molecule has 5 rings (SSSR count). The van der Waals surface area contributed by atoms with Crippen molar-refractivity contribution in [2.45, 2.75) is 110 Å². The highest BCUT2D eigenvalue weighted by Crippen LogP contribution is 2.30. The van der Waals surface area contributed by atoms with Gasteiger partial charge in [0.25, 0.3) is 5.91 Å². The number of benzene rings is 3. The maximum absolute atomic E-state index is 14.5. The molecule has 0 unspecified atom stereocenters. The van der Waals surface area contributed by atoms with E-state index in [0.29, 0.717) is 55.7 Å². The van der Waals surface area contributed by atoms with Crippen molar-refractivity contribution in [3.8, 4) is 5.75 Å². The molecule has 5 N–H and O–H groups in total. The van der Waals surface area contributed by atoms with Crippen LogP contribution in [0.1, 0.15) is 83.1 Å². The second-order valence-electron chi connectivity index (χ2n) is 18.5. The molecule has 2 saturated heterocycles. The molecule has 15 nitrogen and oxygen atoms in total. The van der Waals surface area contributed by atoms with Crippen molar-refractivity contribution >= 4 is 41.6 Å². The summed E-state index contributed by atoms with van der Waals surface area (Å²) in [5.74, 6) is -2.38. The van der Waals surface area contributed by atoms with Crippen LogP contribution in [-0.2, 0) is 57.6 Å². The largest absolute Gasteiger partial charge is 0.426 e. The predicted molar refractivity (Wildman–Crippen MR) is 246 cm³/mol. The second-order valence-corrected chi connectivity index (χ2v) is 18.5.